The quantitative estimate of drug-likeness (QED) is 0.504. The minimum absolute atomic E-state index is 0.486. The van der Waals surface area contributed by atoms with E-state index in [1.54, 1.807) is 12.3 Å². The molecular weight excluding hydrogens is 92.1 g/mol. The molecule has 0 aliphatic heterocycles. The van der Waals surface area contributed by atoms with Crippen LogP contribution in [0.1, 0.15) is 0 Å². The highest BCUT2D eigenvalue weighted by Crippen LogP contribution is 2.00. The molecule has 0 bridgehead atoms. The first-order valence-corrected chi connectivity index (χ1v) is 1.80. The normalized spacial score (nSPS) is 8.57. The monoisotopic (exact) mass is 96.0 g/mol. The number of H-pyrrole nitrogens is 1. The molecule has 4 heteroatoms. The first-order chi connectivity index (χ1) is 3.43. The minimum atomic E-state index is 0.486. The summed E-state index contributed by atoms with van der Waals surface area (Å²) in [5.41, 5.74) is 6.41. The van der Waals surface area contributed by atoms with E-state index < -0.39 is 0 Å². The predicted octanol–water partition coefficient (Wildman–Crippen LogP) is 1.07. The second-order valence-corrected chi connectivity index (χ2v) is 1.05. The van der Waals surface area contributed by atoms with Gasteiger partial charge >= 0.3 is 0 Å². The zero-order chi connectivity index (χ0) is 5.11. The fourth-order valence-corrected chi connectivity index (χ4v) is 0.311. The molecule has 0 saturated heterocycles. The third kappa shape index (κ3) is 0.623. The number of aromatic nitrogens is 2. The molecule has 7 heavy (non-hydrogen) atoms. The van der Waals surface area contributed by atoms with Gasteiger partial charge in [-0.1, -0.05) is 0 Å². The summed E-state index contributed by atoms with van der Waals surface area (Å²) in [6.07, 6.45) is 1.55. The molecule has 1 heterocycles. The van der Waals surface area contributed by atoms with Crippen molar-refractivity contribution in [1.29, 1.82) is 5.53 Å². The van der Waals surface area contributed by atoms with Gasteiger partial charge < -0.3 is 0 Å². The molecule has 0 atom stereocenters. The Bertz CT molecular complexity index is 142. The second-order valence-electron chi connectivity index (χ2n) is 1.05. The summed E-state index contributed by atoms with van der Waals surface area (Å²) in [5.74, 6) is 0.486. The van der Waals surface area contributed by atoms with Crippen LogP contribution < -0.4 is 0 Å². The lowest BCUT2D eigenvalue weighted by atomic mass is 10.7. The van der Waals surface area contributed by atoms with Crippen LogP contribution in [0.15, 0.2) is 17.4 Å². The molecule has 1 aromatic rings. The Morgan fingerprint density at radius 3 is 3.00 bits per heavy atom. The molecule has 0 radical (unpaired) electrons. The molecule has 4 nitrogen and oxygen atoms in total. The van der Waals surface area contributed by atoms with Crippen molar-refractivity contribution in [3.8, 4) is 0 Å². The van der Waals surface area contributed by atoms with Crippen LogP contribution in [0, 0.1) is 5.53 Å². The highest BCUT2D eigenvalue weighted by molar-refractivity contribution is 5.20. The zero-order valence-electron chi connectivity index (χ0n) is 3.55. The summed E-state index contributed by atoms with van der Waals surface area (Å²) >= 11 is 0. The van der Waals surface area contributed by atoms with E-state index in [9.17, 15) is 0 Å². The van der Waals surface area contributed by atoms with Crippen LogP contribution in [0.3, 0.4) is 0 Å². The lowest BCUT2D eigenvalue weighted by molar-refractivity contribution is 1.03. The van der Waals surface area contributed by atoms with Crippen LogP contribution in [0.5, 0.6) is 0 Å². The van der Waals surface area contributed by atoms with Gasteiger partial charge in [0, 0.05) is 6.07 Å². The van der Waals surface area contributed by atoms with Crippen molar-refractivity contribution >= 4 is 5.82 Å². The van der Waals surface area contributed by atoms with Crippen LogP contribution in [0.25, 0.3) is 0 Å². The smallest absolute Gasteiger partial charge is 0.169 e. The predicted molar refractivity (Wildman–Crippen MR) is 23.4 cm³/mol. The van der Waals surface area contributed by atoms with Gasteiger partial charge in [0.05, 0.1) is 6.20 Å². The molecule has 1 rings (SSSR count). The highest BCUT2D eigenvalue weighted by atomic mass is 15.2. The van der Waals surface area contributed by atoms with E-state index in [0.29, 0.717) is 5.82 Å². The maximum atomic E-state index is 6.41. The maximum Gasteiger partial charge on any atom is 0.169 e. The van der Waals surface area contributed by atoms with E-state index in [0.717, 1.165) is 0 Å². The molecule has 0 fully saturated rings. The van der Waals surface area contributed by atoms with Gasteiger partial charge in [0.1, 0.15) is 0 Å². The molecule has 0 saturated carbocycles. The molecule has 36 valence electrons. The highest BCUT2D eigenvalue weighted by Gasteiger charge is 1.81. The zero-order valence-corrected chi connectivity index (χ0v) is 3.55. The molecule has 0 aliphatic rings. The number of rotatable bonds is 1. The van der Waals surface area contributed by atoms with Gasteiger partial charge in [-0.2, -0.15) is 5.10 Å². The summed E-state index contributed by atoms with van der Waals surface area (Å²) in [6.45, 7) is 0. The Morgan fingerprint density at radius 1 is 1.86 bits per heavy atom. The molecule has 0 unspecified atom stereocenters. The summed E-state index contributed by atoms with van der Waals surface area (Å²) in [4.78, 5) is 0. The first-order valence-electron chi connectivity index (χ1n) is 1.80. The van der Waals surface area contributed by atoms with Crippen LogP contribution in [0.4, 0.5) is 5.82 Å². The third-order valence-corrected chi connectivity index (χ3v) is 0.606. The van der Waals surface area contributed by atoms with E-state index in [4.69, 9.17) is 5.53 Å². The van der Waals surface area contributed by atoms with Crippen LogP contribution in [0.2, 0.25) is 0 Å². The molecular formula is C3H4N4. The Labute approximate surface area is 40.1 Å². The number of nitrogens with one attached hydrogen (secondary N) is 2. The van der Waals surface area contributed by atoms with Crippen LogP contribution in [-0.2, 0) is 0 Å². The average molecular weight is 96.1 g/mol. The summed E-state index contributed by atoms with van der Waals surface area (Å²) < 4.78 is 0. The van der Waals surface area contributed by atoms with Gasteiger partial charge in [0.2, 0.25) is 0 Å². The lowest BCUT2D eigenvalue weighted by Crippen LogP contribution is -1.59. The van der Waals surface area contributed by atoms with E-state index in [1.165, 1.54) is 0 Å². The maximum absolute atomic E-state index is 6.41. The fraction of sp³-hybridized carbons (Fsp3) is 0. The first kappa shape index (κ1) is 3.98. The number of hydrogen-bond donors (Lipinski definition) is 2. The van der Waals surface area contributed by atoms with Crippen molar-refractivity contribution in [1.82, 2.24) is 10.2 Å². The number of aromatic amines is 1. The van der Waals surface area contributed by atoms with Crippen molar-refractivity contribution in [2.45, 2.75) is 0 Å². The van der Waals surface area contributed by atoms with Crippen molar-refractivity contribution < 1.29 is 0 Å². The Balaban J connectivity index is 2.96. The second kappa shape index (κ2) is 1.51. The third-order valence-electron chi connectivity index (χ3n) is 0.606. The van der Waals surface area contributed by atoms with Gasteiger partial charge in [-0.25, -0.2) is 5.53 Å². The molecule has 0 aliphatic carbocycles. The van der Waals surface area contributed by atoms with Gasteiger partial charge in [-0.15, -0.1) is 5.11 Å². The van der Waals surface area contributed by atoms with E-state index in [-0.39, 0.29) is 0 Å². The Hall–Kier alpha value is -1.19. The Morgan fingerprint density at radius 2 is 2.71 bits per heavy atom. The topological polar surface area (TPSA) is 64.9 Å². The number of hydrogen-bond acceptors (Lipinski definition) is 3. The lowest BCUT2D eigenvalue weighted by Gasteiger charge is -1.70. The van der Waals surface area contributed by atoms with Gasteiger partial charge in [0.15, 0.2) is 5.82 Å². The standard InChI is InChI=1S/C3H4N4/c4-6-3-1-2-5-7-3/h1-2,4H,(H,5,7). The van der Waals surface area contributed by atoms with Crippen molar-refractivity contribution in [2.75, 3.05) is 0 Å². The van der Waals surface area contributed by atoms with Crippen LogP contribution >= 0.6 is 0 Å². The van der Waals surface area contributed by atoms with Crippen LogP contribution in [-0.4, -0.2) is 10.2 Å². The summed E-state index contributed by atoms with van der Waals surface area (Å²) in [6, 6.07) is 1.62. The molecule has 1 aromatic heterocycles. The SMILES string of the molecule is N=Nc1ccn[nH]1. The summed E-state index contributed by atoms with van der Waals surface area (Å²) in [5, 5.41) is 9.10. The fourth-order valence-electron chi connectivity index (χ4n) is 0.311. The van der Waals surface area contributed by atoms with Crippen molar-refractivity contribution in [3.05, 3.63) is 12.3 Å². The van der Waals surface area contributed by atoms with Gasteiger partial charge in [-0.05, 0) is 0 Å². The minimum Gasteiger partial charge on any atom is -0.260 e. The van der Waals surface area contributed by atoms with E-state index >= 15 is 0 Å². The van der Waals surface area contributed by atoms with Crippen molar-refractivity contribution in [3.63, 3.8) is 0 Å². The number of nitrogens with zero attached hydrogens (tertiary/aromatic N) is 2. The van der Waals surface area contributed by atoms with E-state index in [1.807, 2.05) is 0 Å². The molecule has 0 spiro atoms. The molecule has 2 N–H and O–H groups in total. The summed E-state index contributed by atoms with van der Waals surface area (Å²) in [7, 11) is 0. The van der Waals surface area contributed by atoms with E-state index in [2.05, 4.69) is 15.3 Å². The van der Waals surface area contributed by atoms with Crippen molar-refractivity contribution in [2.24, 2.45) is 5.11 Å². The average Bonchev–Trinajstić information content (AvgIpc) is 2.14. The molecule has 0 aromatic carbocycles. The van der Waals surface area contributed by atoms with Gasteiger partial charge in [0.25, 0.3) is 0 Å². The molecule has 0 amide bonds. The largest absolute Gasteiger partial charge is 0.260 e. The van der Waals surface area contributed by atoms with Gasteiger partial charge in [-0.3, -0.25) is 5.10 Å². The Kier molecular flexibility index (Phi) is 0.856.